The Bertz CT molecular complexity index is 891. The number of hydrogen-bond acceptors (Lipinski definition) is 5. The van der Waals surface area contributed by atoms with Gasteiger partial charge in [-0.2, -0.15) is 13.2 Å². The SMILES string of the molecule is CC(Cn1ccc(C(=O)N2CCN(c3ncc(C(F)(F)F)cn3)CC2)c1)NC(=O)O. The predicted octanol–water partition coefficient (Wildman–Crippen LogP) is 1.92. The van der Waals surface area contributed by atoms with Crippen molar-refractivity contribution in [1.29, 1.82) is 0 Å². The fraction of sp³-hybridized carbons (Fsp3) is 0.444. The number of anilines is 1. The average molecular weight is 426 g/mol. The van der Waals surface area contributed by atoms with Crippen molar-refractivity contribution in [2.45, 2.75) is 25.7 Å². The summed E-state index contributed by atoms with van der Waals surface area (Å²) >= 11 is 0. The zero-order chi connectivity index (χ0) is 21.9. The van der Waals surface area contributed by atoms with Crippen LogP contribution in [0.25, 0.3) is 0 Å². The number of rotatable bonds is 5. The molecule has 2 N–H and O–H groups in total. The quantitative estimate of drug-likeness (QED) is 0.757. The summed E-state index contributed by atoms with van der Waals surface area (Å²) in [6.07, 6.45) is -0.721. The van der Waals surface area contributed by atoms with Crippen LogP contribution in [-0.2, 0) is 12.7 Å². The smallest absolute Gasteiger partial charge is 0.419 e. The van der Waals surface area contributed by atoms with Gasteiger partial charge >= 0.3 is 12.3 Å². The number of piperazine rings is 1. The Kier molecular flexibility index (Phi) is 6.13. The summed E-state index contributed by atoms with van der Waals surface area (Å²) in [5, 5.41) is 11.1. The molecule has 1 saturated heterocycles. The minimum absolute atomic E-state index is 0.166. The Balaban J connectivity index is 1.55. The first-order chi connectivity index (χ1) is 14.1. The highest BCUT2D eigenvalue weighted by molar-refractivity contribution is 5.94. The standard InChI is InChI=1S/C18H21F3N6O3/c1-12(24-17(29)30)10-25-3-2-13(11-25)15(28)26-4-6-27(7-5-26)16-22-8-14(9-23-16)18(19,20)21/h2-3,8-9,11-12,24H,4-7,10H2,1H3,(H,29,30). The van der Waals surface area contributed by atoms with Gasteiger partial charge in [-0.25, -0.2) is 14.8 Å². The minimum Gasteiger partial charge on any atom is -0.465 e. The topological polar surface area (TPSA) is 104 Å². The van der Waals surface area contributed by atoms with Gasteiger partial charge in [-0.05, 0) is 13.0 Å². The molecule has 3 heterocycles. The first-order valence-electron chi connectivity index (χ1n) is 9.22. The fourth-order valence-corrected chi connectivity index (χ4v) is 3.18. The maximum absolute atomic E-state index is 12.7. The molecular weight excluding hydrogens is 405 g/mol. The molecule has 1 atom stereocenters. The van der Waals surface area contributed by atoms with Gasteiger partial charge < -0.3 is 24.8 Å². The van der Waals surface area contributed by atoms with Crippen LogP contribution in [0.4, 0.5) is 23.9 Å². The van der Waals surface area contributed by atoms with E-state index in [0.717, 1.165) is 12.4 Å². The van der Waals surface area contributed by atoms with Crippen molar-refractivity contribution in [3.63, 3.8) is 0 Å². The Hall–Kier alpha value is -3.31. The summed E-state index contributed by atoms with van der Waals surface area (Å²) in [5.74, 6) is 0.0294. The number of hydrogen-bond donors (Lipinski definition) is 2. The normalized spacial score (nSPS) is 15.7. The van der Waals surface area contributed by atoms with E-state index in [1.165, 1.54) is 0 Å². The predicted molar refractivity (Wildman–Crippen MR) is 100 cm³/mol. The molecule has 2 aromatic rings. The summed E-state index contributed by atoms with van der Waals surface area (Å²) in [6.45, 7) is 3.67. The maximum atomic E-state index is 12.7. The number of carbonyl (C=O) groups excluding carboxylic acids is 1. The molecule has 1 aliphatic rings. The van der Waals surface area contributed by atoms with Gasteiger partial charge in [0.15, 0.2) is 0 Å². The lowest BCUT2D eigenvalue weighted by Crippen LogP contribution is -2.49. The summed E-state index contributed by atoms with van der Waals surface area (Å²) < 4.78 is 39.6. The molecule has 1 aliphatic heterocycles. The van der Waals surface area contributed by atoms with E-state index in [1.54, 1.807) is 39.8 Å². The third-order valence-corrected chi connectivity index (χ3v) is 4.67. The zero-order valence-electron chi connectivity index (χ0n) is 16.1. The van der Waals surface area contributed by atoms with Crippen LogP contribution in [0.15, 0.2) is 30.9 Å². The van der Waals surface area contributed by atoms with Crippen molar-refractivity contribution in [1.82, 2.24) is 24.8 Å². The molecule has 1 fully saturated rings. The van der Waals surface area contributed by atoms with E-state index in [-0.39, 0.29) is 17.9 Å². The number of halogens is 3. The van der Waals surface area contributed by atoms with Crippen LogP contribution in [0, 0.1) is 0 Å². The minimum atomic E-state index is -4.48. The lowest BCUT2D eigenvalue weighted by molar-refractivity contribution is -0.138. The molecule has 2 amide bonds. The highest BCUT2D eigenvalue weighted by atomic mass is 19.4. The number of carbonyl (C=O) groups is 2. The third kappa shape index (κ3) is 5.19. The summed E-state index contributed by atoms with van der Waals surface area (Å²) in [6, 6.07) is 1.35. The van der Waals surface area contributed by atoms with Crippen molar-refractivity contribution < 1.29 is 27.9 Å². The molecule has 2 aromatic heterocycles. The van der Waals surface area contributed by atoms with Crippen molar-refractivity contribution in [2.24, 2.45) is 0 Å². The van der Waals surface area contributed by atoms with E-state index in [2.05, 4.69) is 15.3 Å². The number of aromatic nitrogens is 3. The van der Waals surface area contributed by atoms with Gasteiger partial charge in [0.1, 0.15) is 0 Å². The van der Waals surface area contributed by atoms with Crippen molar-refractivity contribution >= 4 is 17.9 Å². The second-order valence-corrected chi connectivity index (χ2v) is 7.00. The average Bonchev–Trinajstić information content (AvgIpc) is 3.14. The molecule has 30 heavy (non-hydrogen) atoms. The van der Waals surface area contributed by atoms with E-state index < -0.39 is 17.8 Å². The Morgan fingerprint density at radius 1 is 1.20 bits per heavy atom. The zero-order valence-corrected chi connectivity index (χ0v) is 16.1. The lowest BCUT2D eigenvalue weighted by Gasteiger charge is -2.34. The molecule has 0 bridgehead atoms. The molecule has 0 saturated carbocycles. The van der Waals surface area contributed by atoms with E-state index in [9.17, 15) is 22.8 Å². The number of carboxylic acid groups (broad SMARTS) is 1. The highest BCUT2D eigenvalue weighted by Gasteiger charge is 2.32. The Morgan fingerprint density at radius 3 is 2.40 bits per heavy atom. The highest BCUT2D eigenvalue weighted by Crippen LogP contribution is 2.28. The molecule has 1 unspecified atom stereocenters. The molecule has 0 spiro atoms. The van der Waals surface area contributed by atoms with Gasteiger partial charge in [0.2, 0.25) is 5.95 Å². The molecule has 0 aliphatic carbocycles. The number of nitrogens with zero attached hydrogens (tertiary/aromatic N) is 5. The molecule has 3 rings (SSSR count). The van der Waals surface area contributed by atoms with Crippen LogP contribution in [0.3, 0.4) is 0 Å². The van der Waals surface area contributed by atoms with Crippen LogP contribution in [0.5, 0.6) is 0 Å². The largest absolute Gasteiger partial charge is 0.465 e. The van der Waals surface area contributed by atoms with Crippen LogP contribution < -0.4 is 10.2 Å². The third-order valence-electron chi connectivity index (χ3n) is 4.67. The fourth-order valence-electron chi connectivity index (χ4n) is 3.18. The molecule has 9 nitrogen and oxygen atoms in total. The van der Waals surface area contributed by atoms with Gasteiger partial charge in [-0.1, -0.05) is 0 Å². The molecule has 0 aromatic carbocycles. The number of amides is 2. The van der Waals surface area contributed by atoms with E-state index in [4.69, 9.17) is 5.11 Å². The van der Waals surface area contributed by atoms with Crippen LogP contribution in [-0.4, -0.2) is 68.8 Å². The summed E-state index contributed by atoms with van der Waals surface area (Å²) in [4.78, 5) is 34.3. The van der Waals surface area contributed by atoms with Gasteiger partial charge in [-0.15, -0.1) is 0 Å². The monoisotopic (exact) mass is 426 g/mol. The maximum Gasteiger partial charge on any atom is 0.419 e. The van der Waals surface area contributed by atoms with Gasteiger partial charge in [0.05, 0.1) is 11.1 Å². The first-order valence-corrected chi connectivity index (χ1v) is 9.22. The second-order valence-electron chi connectivity index (χ2n) is 7.00. The van der Waals surface area contributed by atoms with Gasteiger partial charge in [-0.3, -0.25) is 4.79 Å². The van der Waals surface area contributed by atoms with Crippen LogP contribution >= 0.6 is 0 Å². The Labute approximate surface area is 170 Å². The second kappa shape index (κ2) is 8.59. The number of alkyl halides is 3. The van der Waals surface area contributed by atoms with Crippen LogP contribution in [0.1, 0.15) is 22.8 Å². The Morgan fingerprint density at radius 2 is 1.83 bits per heavy atom. The van der Waals surface area contributed by atoms with Crippen molar-refractivity contribution in [3.8, 4) is 0 Å². The van der Waals surface area contributed by atoms with Gasteiger partial charge in [0, 0.05) is 63.6 Å². The summed E-state index contributed by atoms with van der Waals surface area (Å²) in [7, 11) is 0. The van der Waals surface area contributed by atoms with Crippen molar-refractivity contribution in [2.75, 3.05) is 31.1 Å². The van der Waals surface area contributed by atoms with Crippen molar-refractivity contribution in [3.05, 3.63) is 42.0 Å². The van der Waals surface area contributed by atoms with Gasteiger partial charge in [0.25, 0.3) is 5.91 Å². The number of nitrogens with one attached hydrogen (secondary N) is 1. The molecule has 12 heteroatoms. The van der Waals surface area contributed by atoms with E-state index in [0.29, 0.717) is 38.3 Å². The molecule has 162 valence electrons. The van der Waals surface area contributed by atoms with E-state index >= 15 is 0 Å². The molecular formula is C18H21F3N6O3. The first kappa shape index (κ1) is 21.4. The van der Waals surface area contributed by atoms with Crippen LogP contribution in [0.2, 0.25) is 0 Å². The molecule has 0 radical (unpaired) electrons. The lowest BCUT2D eigenvalue weighted by atomic mass is 10.2. The van der Waals surface area contributed by atoms with E-state index in [1.807, 2.05) is 0 Å². The summed E-state index contributed by atoms with van der Waals surface area (Å²) in [5.41, 5.74) is -0.422.